The molecule has 2 saturated carbocycles. The number of ketones is 1. The van der Waals surface area contributed by atoms with E-state index in [0.717, 1.165) is 25.7 Å². The molecule has 0 radical (unpaired) electrons. The highest BCUT2D eigenvalue weighted by molar-refractivity contribution is 5.88. The number of carbonyl (C=O) groups is 1. The molecule has 0 saturated heterocycles. The van der Waals surface area contributed by atoms with E-state index >= 15 is 0 Å². The van der Waals surface area contributed by atoms with E-state index in [1.807, 2.05) is 19.1 Å². The van der Waals surface area contributed by atoms with E-state index in [4.69, 9.17) is 0 Å². The number of benzene rings is 1. The van der Waals surface area contributed by atoms with Crippen molar-refractivity contribution >= 4 is 5.78 Å². The molecule has 2 N–H and O–H groups in total. The van der Waals surface area contributed by atoms with Crippen LogP contribution >= 0.6 is 0 Å². The molecule has 3 heteroatoms. The van der Waals surface area contributed by atoms with Crippen LogP contribution in [0.2, 0.25) is 0 Å². The first-order valence-electron chi connectivity index (χ1n) is 8.03. The molecular formula is C18H22O3. The van der Waals surface area contributed by atoms with Gasteiger partial charge in [0.25, 0.3) is 0 Å². The van der Waals surface area contributed by atoms with E-state index < -0.39 is 11.0 Å². The summed E-state index contributed by atoms with van der Waals surface area (Å²) in [6, 6.07) is 5.63. The third kappa shape index (κ3) is 1.56. The SMILES string of the molecule is CC12CCC3c4ccc(O)cc4CCC3C1(O)CCC2=O. The lowest BCUT2D eigenvalue weighted by Crippen LogP contribution is -2.56. The summed E-state index contributed by atoms with van der Waals surface area (Å²) in [4.78, 5) is 12.3. The lowest BCUT2D eigenvalue weighted by atomic mass is 9.53. The first-order valence-corrected chi connectivity index (χ1v) is 8.03. The Hall–Kier alpha value is -1.35. The number of Topliss-reactive ketones (excluding diaryl/α,β-unsaturated/α-hetero) is 1. The number of fused-ring (bicyclic) bond motifs is 5. The fourth-order valence-corrected chi connectivity index (χ4v) is 5.32. The number of hydrogen-bond donors (Lipinski definition) is 2. The van der Waals surface area contributed by atoms with E-state index in [-0.39, 0.29) is 11.7 Å². The second-order valence-corrected chi connectivity index (χ2v) is 7.35. The molecule has 3 aliphatic carbocycles. The smallest absolute Gasteiger partial charge is 0.141 e. The van der Waals surface area contributed by atoms with Gasteiger partial charge in [-0.15, -0.1) is 0 Å². The van der Waals surface area contributed by atoms with Crippen molar-refractivity contribution in [2.75, 3.05) is 0 Å². The summed E-state index contributed by atoms with van der Waals surface area (Å²) >= 11 is 0. The number of phenolic OH excluding ortho intramolecular Hbond substituents is 1. The molecule has 1 aromatic rings. The van der Waals surface area contributed by atoms with Crippen LogP contribution in [0.15, 0.2) is 18.2 Å². The van der Waals surface area contributed by atoms with Gasteiger partial charge in [-0.2, -0.15) is 0 Å². The van der Waals surface area contributed by atoms with Gasteiger partial charge < -0.3 is 10.2 Å². The number of aryl methyl sites for hydroxylation is 1. The van der Waals surface area contributed by atoms with Crippen LogP contribution in [0.1, 0.15) is 56.1 Å². The second kappa shape index (κ2) is 4.10. The van der Waals surface area contributed by atoms with Gasteiger partial charge in [-0.3, -0.25) is 4.79 Å². The molecule has 3 aliphatic rings. The Morgan fingerprint density at radius 1 is 1.19 bits per heavy atom. The fraction of sp³-hybridized carbons (Fsp3) is 0.611. The summed E-state index contributed by atoms with van der Waals surface area (Å²) in [5, 5.41) is 21.0. The summed E-state index contributed by atoms with van der Waals surface area (Å²) in [6.07, 6.45) is 4.70. The third-order valence-electron chi connectivity index (χ3n) is 6.61. The van der Waals surface area contributed by atoms with Crippen molar-refractivity contribution in [3.63, 3.8) is 0 Å². The maximum Gasteiger partial charge on any atom is 0.141 e. The van der Waals surface area contributed by atoms with E-state index in [9.17, 15) is 15.0 Å². The van der Waals surface area contributed by atoms with E-state index in [0.29, 0.717) is 24.5 Å². The Labute approximate surface area is 125 Å². The molecule has 0 bridgehead atoms. The quantitative estimate of drug-likeness (QED) is 0.771. The molecule has 0 heterocycles. The number of carbonyl (C=O) groups excluding carboxylic acids is 1. The zero-order chi connectivity index (χ0) is 14.8. The zero-order valence-corrected chi connectivity index (χ0v) is 12.4. The number of phenols is 1. The highest BCUT2D eigenvalue weighted by Gasteiger charge is 2.64. The van der Waals surface area contributed by atoms with Crippen molar-refractivity contribution in [3.8, 4) is 5.75 Å². The van der Waals surface area contributed by atoms with Gasteiger partial charge in [0, 0.05) is 6.42 Å². The van der Waals surface area contributed by atoms with Crippen molar-refractivity contribution in [2.24, 2.45) is 11.3 Å². The van der Waals surface area contributed by atoms with Gasteiger partial charge in [-0.05, 0) is 74.1 Å². The van der Waals surface area contributed by atoms with Gasteiger partial charge >= 0.3 is 0 Å². The Bertz CT molecular complexity index is 623. The van der Waals surface area contributed by atoms with Gasteiger partial charge in [0.1, 0.15) is 11.5 Å². The van der Waals surface area contributed by atoms with E-state index in [1.165, 1.54) is 11.1 Å². The van der Waals surface area contributed by atoms with Crippen LogP contribution in [0.25, 0.3) is 0 Å². The van der Waals surface area contributed by atoms with Crippen LogP contribution in [0.5, 0.6) is 5.75 Å². The predicted molar refractivity (Wildman–Crippen MR) is 79.2 cm³/mol. The summed E-state index contributed by atoms with van der Waals surface area (Å²) in [7, 11) is 0. The Morgan fingerprint density at radius 3 is 2.81 bits per heavy atom. The summed E-state index contributed by atoms with van der Waals surface area (Å²) < 4.78 is 0. The van der Waals surface area contributed by atoms with Gasteiger partial charge in [-0.25, -0.2) is 0 Å². The average molecular weight is 286 g/mol. The van der Waals surface area contributed by atoms with Gasteiger partial charge in [0.05, 0.1) is 11.0 Å². The van der Waals surface area contributed by atoms with Gasteiger partial charge in [0.2, 0.25) is 0 Å². The maximum atomic E-state index is 12.3. The largest absolute Gasteiger partial charge is 0.508 e. The van der Waals surface area contributed by atoms with Crippen LogP contribution in [-0.4, -0.2) is 21.6 Å². The van der Waals surface area contributed by atoms with Crippen molar-refractivity contribution in [1.29, 1.82) is 0 Å². The number of hydrogen-bond acceptors (Lipinski definition) is 3. The molecule has 112 valence electrons. The molecule has 4 atom stereocenters. The molecule has 4 unspecified atom stereocenters. The van der Waals surface area contributed by atoms with Crippen LogP contribution in [0, 0.1) is 11.3 Å². The predicted octanol–water partition coefficient (Wildman–Crippen LogP) is 2.93. The van der Waals surface area contributed by atoms with Crippen LogP contribution in [0.4, 0.5) is 0 Å². The van der Waals surface area contributed by atoms with E-state index in [2.05, 4.69) is 0 Å². The Balaban J connectivity index is 1.78. The monoisotopic (exact) mass is 286 g/mol. The minimum atomic E-state index is -0.831. The van der Waals surface area contributed by atoms with Gasteiger partial charge in [-0.1, -0.05) is 6.07 Å². The maximum absolute atomic E-state index is 12.3. The third-order valence-corrected chi connectivity index (χ3v) is 6.61. The van der Waals surface area contributed by atoms with Crippen LogP contribution < -0.4 is 0 Å². The summed E-state index contributed by atoms with van der Waals surface area (Å²) in [5.74, 6) is 1.08. The molecule has 0 spiro atoms. The van der Waals surface area contributed by atoms with Crippen molar-refractivity contribution < 1.29 is 15.0 Å². The first kappa shape index (κ1) is 13.3. The fourth-order valence-electron chi connectivity index (χ4n) is 5.32. The van der Waals surface area contributed by atoms with E-state index in [1.54, 1.807) is 6.07 Å². The lowest BCUT2D eigenvalue weighted by Gasteiger charge is -2.53. The molecule has 4 rings (SSSR count). The Kier molecular flexibility index (Phi) is 2.60. The lowest BCUT2D eigenvalue weighted by molar-refractivity contribution is -0.157. The van der Waals surface area contributed by atoms with Crippen LogP contribution in [0.3, 0.4) is 0 Å². The normalized spacial score (nSPS) is 41.3. The minimum Gasteiger partial charge on any atom is -0.508 e. The first-order chi connectivity index (χ1) is 9.96. The molecule has 21 heavy (non-hydrogen) atoms. The molecule has 1 aromatic carbocycles. The second-order valence-electron chi connectivity index (χ2n) is 7.35. The molecule has 0 aromatic heterocycles. The number of aromatic hydroxyl groups is 1. The highest BCUT2D eigenvalue weighted by Crippen LogP contribution is 2.61. The minimum absolute atomic E-state index is 0.180. The topological polar surface area (TPSA) is 57.5 Å². The highest BCUT2D eigenvalue weighted by atomic mass is 16.3. The molecule has 2 fully saturated rings. The van der Waals surface area contributed by atoms with Crippen molar-refractivity contribution in [1.82, 2.24) is 0 Å². The molecule has 0 amide bonds. The van der Waals surface area contributed by atoms with Crippen molar-refractivity contribution in [2.45, 2.75) is 57.0 Å². The zero-order valence-electron chi connectivity index (χ0n) is 12.4. The standard InChI is InChI=1S/C18H22O3/c1-17-8-6-14-13-4-3-12(19)10-11(13)2-5-15(14)18(17,21)9-7-16(17)20/h3-4,10,14-15,19,21H,2,5-9H2,1H3. The molecule has 3 nitrogen and oxygen atoms in total. The molecule has 0 aliphatic heterocycles. The van der Waals surface area contributed by atoms with Gasteiger partial charge in [0.15, 0.2) is 0 Å². The Morgan fingerprint density at radius 2 is 2.00 bits per heavy atom. The number of aliphatic hydroxyl groups is 1. The summed E-state index contributed by atoms with van der Waals surface area (Å²) in [5.41, 5.74) is 1.12. The average Bonchev–Trinajstić information content (AvgIpc) is 2.71. The number of rotatable bonds is 0. The van der Waals surface area contributed by atoms with Crippen molar-refractivity contribution in [3.05, 3.63) is 29.3 Å². The van der Waals surface area contributed by atoms with Crippen LogP contribution in [-0.2, 0) is 11.2 Å². The summed E-state index contributed by atoms with van der Waals surface area (Å²) in [6.45, 7) is 1.98. The molecular weight excluding hydrogens is 264 g/mol.